The molecule has 2 amide bonds. The molecule has 8 nitrogen and oxygen atoms in total. The molecule has 2 fully saturated rings. The standard InChI is InChI=1S/C25H34ClN5O3/c1-25(2,3)34-24(33)31-10-7-18(17-31)23(32)30-14-12-29(13-15-30)11-9-28-21-6-8-27-22-16-19(26)4-5-20(21)22/h4-6,8,16,18H,7,9-15,17H2,1-3H3,(H,27,28). The van der Waals surface area contributed by atoms with E-state index < -0.39 is 5.60 Å². The molecular weight excluding hydrogens is 454 g/mol. The first-order chi connectivity index (χ1) is 16.2. The smallest absolute Gasteiger partial charge is 0.410 e. The Morgan fingerprint density at radius 3 is 2.62 bits per heavy atom. The molecule has 3 heterocycles. The van der Waals surface area contributed by atoms with Gasteiger partial charge in [0.15, 0.2) is 0 Å². The molecule has 0 spiro atoms. The van der Waals surface area contributed by atoms with Gasteiger partial charge >= 0.3 is 6.09 Å². The van der Waals surface area contributed by atoms with Gasteiger partial charge < -0.3 is 19.9 Å². The van der Waals surface area contributed by atoms with Crippen LogP contribution in [0.4, 0.5) is 10.5 Å². The van der Waals surface area contributed by atoms with Gasteiger partial charge in [-0.3, -0.25) is 14.7 Å². The van der Waals surface area contributed by atoms with Crippen LogP contribution in [-0.4, -0.2) is 89.6 Å². The summed E-state index contributed by atoms with van der Waals surface area (Å²) in [6, 6.07) is 7.72. The maximum absolute atomic E-state index is 13.0. The molecule has 0 saturated carbocycles. The number of ether oxygens (including phenoxy) is 1. The molecule has 0 bridgehead atoms. The summed E-state index contributed by atoms with van der Waals surface area (Å²) in [7, 11) is 0. The van der Waals surface area contributed by atoms with Crippen LogP contribution < -0.4 is 5.32 Å². The molecule has 0 aliphatic carbocycles. The lowest BCUT2D eigenvalue weighted by molar-refractivity contribution is -0.136. The first kappa shape index (κ1) is 24.5. The molecule has 1 N–H and O–H groups in total. The number of aromatic nitrogens is 1. The quantitative estimate of drug-likeness (QED) is 0.692. The van der Waals surface area contributed by atoms with Gasteiger partial charge in [-0.2, -0.15) is 0 Å². The van der Waals surface area contributed by atoms with Crippen LogP contribution in [0, 0.1) is 5.92 Å². The second-order valence-corrected chi connectivity index (χ2v) is 10.5. The van der Waals surface area contributed by atoms with Crippen molar-refractivity contribution >= 4 is 40.2 Å². The van der Waals surface area contributed by atoms with Gasteiger partial charge in [0, 0.05) is 74.7 Å². The van der Waals surface area contributed by atoms with Crippen molar-refractivity contribution < 1.29 is 14.3 Å². The Bertz CT molecular complexity index is 1030. The van der Waals surface area contributed by atoms with Gasteiger partial charge in [-0.1, -0.05) is 11.6 Å². The number of likely N-dealkylation sites (tertiary alicyclic amines) is 1. The Morgan fingerprint density at radius 2 is 1.88 bits per heavy atom. The van der Waals surface area contributed by atoms with E-state index in [9.17, 15) is 9.59 Å². The molecule has 1 unspecified atom stereocenters. The summed E-state index contributed by atoms with van der Waals surface area (Å²) in [6.07, 6.45) is 2.16. The zero-order valence-corrected chi connectivity index (χ0v) is 21.0. The zero-order chi connectivity index (χ0) is 24.3. The first-order valence-electron chi connectivity index (χ1n) is 12.0. The minimum Gasteiger partial charge on any atom is -0.444 e. The molecular formula is C25H34ClN5O3. The largest absolute Gasteiger partial charge is 0.444 e. The number of hydrogen-bond acceptors (Lipinski definition) is 6. The highest BCUT2D eigenvalue weighted by molar-refractivity contribution is 6.31. The van der Waals surface area contributed by atoms with Crippen LogP contribution in [0.5, 0.6) is 0 Å². The predicted octanol–water partition coefficient (Wildman–Crippen LogP) is 3.70. The van der Waals surface area contributed by atoms with E-state index in [1.807, 2.05) is 49.9 Å². The van der Waals surface area contributed by atoms with Gasteiger partial charge in [0.05, 0.1) is 11.4 Å². The number of hydrogen-bond donors (Lipinski definition) is 1. The number of rotatable bonds is 5. The predicted molar refractivity (Wildman–Crippen MR) is 134 cm³/mol. The molecule has 2 aromatic rings. The van der Waals surface area contributed by atoms with E-state index >= 15 is 0 Å². The molecule has 2 aliphatic heterocycles. The number of nitrogens with zero attached hydrogens (tertiary/aromatic N) is 4. The van der Waals surface area contributed by atoms with Gasteiger partial charge in [-0.05, 0) is 51.5 Å². The Hall–Kier alpha value is -2.58. The van der Waals surface area contributed by atoms with E-state index in [0.29, 0.717) is 24.5 Å². The highest BCUT2D eigenvalue weighted by Gasteiger charge is 2.36. The SMILES string of the molecule is CC(C)(C)OC(=O)N1CCC(C(=O)N2CCN(CCNc3ccnc4cc(Cl)ccc34)CC2)C1. The molecule has 1 atom stereocenters. The van der Waals surface area contributed by atoms with Crippen LogP contribution >= 0.6 is 11.6 Å². The molecule has 2 saturated heterocycles. The molecule has 0 radical (unpaired) electrons. The van der Waals surface area contributed by atoms with Gasteiger partial charge in [0.25, 0.3) is 0 Å². The second kappa shape index (κ2) is 10.4. The second-order valence-electron chi connectivity index (χ2n) is 10.0. The summed E-state index contributed by atoms with van der Waals surface area (Å²) in [5.41, 5.74) is 1.40. The third kappa shape index (κ3) is 6.10. The van der Waals surface area contributed by atoms with Crippen molar-refractivity contribution in [3.05, 3.63) is 35.5 Å². The average Bonchev–Trinajstić information content (AvgIpc) is 3.28. The fourth-order valence-electron chi connectivity index (χ4n) is 4.53. The van der Waals surface area contributed by atoms with Crippen molar-refractivity contribution in [3.8, 4) is 0 Å². The topological polar surface area (TPSA) is 78.0 Å². The molecule has 4 rings (SSSR count). The normalized spacial score (nSPS) is 19.5. The van der Waals surface area contributed by atoms with Gasteiger partial charge in [-0.25, -0.2) is 4.79 Å². The molecule has 1 aromatic carbocycles. The number of piperazine rings is 1. The lowest BCUT2D eigenvalue weighted by Crippen LogP contribution is -2.51. The fourth-order valence-corrected chi connectivity index (χ4v) is 4.69. The van der Waals surface area contributed by atoms with E-state index in [1.165, 1.54) is 0 Å². The number of carbonyl (C=O) groups excluding carboxylic acids is 2. The number of carbonyl (C=O) groups is 2. The highest BCUT2D eigenvalue weighted by atomic mass is 35.5. The van der Waals surface area contributed by atoms with E-state index in [0.717, 1.165) is 55.9 Å². The maximum atomic E-state index is 13.0. The summed E-state index contributed by atoms with van der Waals surface area (Å²) in [6.45, 7) is 11.4. The van der Waals surface area contributed by atoms with E-state index in [-0.39, 0.29) is 17.9 Å². The molecule has 1 aromatic heterocycles. The van der Waals surface area contributed by atoms with Crippen molar-refractivity contribution in [2.45, 2.75) is 32.8 Å². The Labute approximate surface area is 206 Å². The van der Waals surface area contributed by atoms with Crippen LogP contribution in [-0.2, 0) is 9.53 Å². The van der Waals surface area contributed by atoms with E-state index in [1.54, 1.807) is 11.1 Å². The van der Waals surface area contributed by atoms with Crippen LogP contribution in [0.1, 0.15) is 27.2 Å². The minimum atomic E-state index is -0.525. The van der Waals surface area contributed by atoms with Crippen molar-refractivity contribution in [1.82, 2.24) is 19.7 Å². The van der Waals surface area contributed by atoms with Crippen molar-refractivity contribution in [3.63, 3.8) is 0 Å². The zero-order valence-electron chi connectivity index (χ0n) is 20.2. The summed E-state index contributed by atoms with van der Waals surface area (Å²) >= 11 is 6.08. The molecule has 184 valence electrons. The Balaban J connectivity index is 1.20. The van der Waals surface area contributed by atoms with E-state index in [2.05, 4.69) is 15.2 Å². The number of pyridine rings is 1. The monoisotopic (exact) mass is 487 g/mol. The Kier molecular flexibility index (Phi) is 7.48. The summed E-state index contributed by atoms with van der Waals surface area (Å²) in [4.78, 5) is 35.7. The lowest BCUT2D eigenvalue weighted by atomic mass is 10.1. The van der Waals surface area contributed by atoms with Crippen LogP contribution in [0.15, 0.2) is 30.5 Å². The van der Waals surface area contributed by atoms with Crippen molar-refractivity contribution in [1.29, 1.82) is 0 Å². The van der Waals surface area contributed by atoms with E-state index in [4.69, 9.17) is 16.3 Å². The highest BCUT2D eigenvalue weighted by Crippen LogP contribution is 2.25. The third-order valence-electron chi connectivity index (χ3n) is 6.32. The molecule has 9 heteroatoms. The fraction of sp³-hybridized carbons (Fsp3) is 0.560. The van der Waals surface area contributed by atoms with Crippen LogP contribution in [0.3, 0.4) is 0 Å². The van der Waals surface area contributed by atoms with Crippen molar-refractivity contribution in [2.75, 3.05) is 57.7 Å². The number of benzene rings is 1. The maximum Gasteiger partial charge on any atom is 0.410 e. The number of amides is 2. The van der Waals surface area contributed by atoms with Crippen LogP contribution in [0.25, 0.3) is 10.9 Å². The average molecular weight is 488 g/mol. The summed E-state index contributed by atoms with van der Waals surface area (Å²) in [5.74, 6) is 0.0277. The number of nitrogens with one attached hydrogen (secondary N) is 1. The van der Waals surface area contributed by atoms with Gasteiger partial charge in [0.1, 0.15) is 5.60 Å². The number of anilines is 1. The minimum absolute atomic E-state index is 0.130. The van der Waals surface area contributed by atoms with Crippen LogP contribution in [0.2, 0.25) is 5.02 Å². The van der Waals surface area contributed by atoms with Gasteiger partial charge in [0.2, 0.25) is 5.91 Å². The molecule has 2 aliphatic rings. The third-order valence-corrected chi connectivity index (χ3v) is 6.56. The number of halogens is 1. The molecule has 34 heavy (non-hydrogen) atoms. The summed E-state index contributed by atoms with van der Waals surface area (Å²) < 4.78 is 5.45. The van der Waals surface area contributed by atoms with Crippen molar-refractivity contribution in [2.24, 2.45) is 5.92 Å². The number of fused-ring (bicyclic) bond motifs is 1. The Morgan fingerprint density at radius 1 is 1.12 bits per heavy atom. The summed E-state index contributed by atoms with van der Waals surface area (Å²) in [5, 5.41) is 5.25. The van der Waals surface area contributed by atoms with Gasteiger partial charge in [-0.15, -0.1) is 0 Å². The lowest BCUT2D eigenvalue weighted by Gasteiger charge is -2.36. The first-order valence-corrected chi connectivity index (χ1v) is 12.3.